The summed E-state index contributed by atoms with van der Waals surface area (Å²) in [6, 6.07) is 19.0. The maximum Gasteiger partial charge on any atom is 0.452 e. The summed E-state index contributed by atoms with van der Waals surface area (Å²) >= 11 is 6.04. The Morgan fingerprint density at radius 1 is 0.857 bits per heavy atom. The Morgan fingerprint density at radius 2 is 1.45 bits per heavy atom. The number of ketones is 1. The summed E-state index contributed by atoms with van der Waals surface area (Å²) in [6.07, 6.45) is -6.19. The molecule has 0 aromatic heterocycles. The molecule has 0 aliphatic carbocycles. The Hall–Kier alpha value is -4.05. The third-order valence-corrected chi connectivity index (χ3v) is 6.66. The minimum Gasteiger partial charge on any atom is -0.497 e. The van der Waals surface area contributed by atoms with Crippen molar-refractivity contribution in [1.29, 1.82) is 0 Å². The van der Waals surface area contributed by atoms with Gasteiger partial charge in [0.1, 0.15) is 23.6 Å². The van der Waals surface area contributed by atoms with Gasteiger partial charge in [-0.15, -0.1) is 0 Å². The highest BCUT2D eigenvalue weighted by Crippen LogP contribution is 2.28. The second-order valence-electron chi connectivity index (χ2n) is 9.94. The van der Waals surface area contributed by atoms with Gasteiger partial charge in [0, 0.05) is 11.4 Å². The standard InChI is InChI=1S/C31H32ClF3N2O5/c1-19(2)28(29(39)31(33,34)35)37-30(40)25(17-20-7-5-4-6-8-20)36-27(38)18-26(21-9-11-22(32)12-10-21)42-24-15-13-23(41-3)14-16-24/h4-16,19,25-26,28H,17-18H2,1-3H3,(H,36,38)(H,37,40)/t25-,26?,28-/m0/s1. The average Bonchev–Trinajstić information content (AvgIpc) is 2.95. The van der Waals surface area contributed by atoms with Crippen LogP contribution in [0.3, 0.4) is 0 Å². The third kappa shape index (κ3) is 9.51. The molecule has 0 heterocycles. The Balaban J connectivity index is 1.84. The van der Waals surface area contributed by atoms with Gasteiger partial charge in [-0.25, -0.2) is 0 Å². The summed E-state index contributed by atoms with van der Waals surface area (Å²) < 4.78 is 50.9. The number of alkyl halides is 3. The highest BCUT2D eigenvalue weighted by Gasteiger charge is 2.45. The molecule has 3 aromatic rings. The zero-order valence-corrected chi connectivity index (χ0v) is 24.0. The molecule has 7 nitrogen and oxygen atoms in total. The van der Waals surface area contributed by atoms with Crippen LogP contribution in [-0.4, -0.2) is 43.0 Å². The van der Waals surface area contributed by atoms with Crippen LogP contribution in [0.5, 0.6) is 11.5 Å². The van der Waals surface area contributed by atoms with Gasteiger partial charge in [0.15, 0.2) is 0 Å². The molecule has 0 saturated heterocycles. The number of carbonyl (C=O) groups is 3. The monoisotopic (exact) mass is 604 g/mol. The molecule has 42 heavy (non-hydrogen) atoms. The predicted octanol–water partition coefficient (Wildman–Crippen LogP) is 5.86. The van der Waals surface area contributed by atoms with Crippen molar-refractivity contribution in [2.24, 2.45) is 5.92 Å². The highest BCUT2D eigenvalue weighted by atomic mass is 35.5. The minimum atomic E-state index is -5.13. The van der Waals surface area contributed by atoms with Crippen molar-refractivity contribution >= 4 is 29.2 Å². The Kier molecular flexibility index (Phi) is 11.4. The molecule has 2 N–H and O–H groups in total. The fourth-order valence-electron chi connectivity index (χ4n) is 4.17. The van der Waals surface area contributed by atoms with E-state index < -0.39 is 47.9 Å². The van der Waals surface area contributed by atoms with Gasteiger partial charge in [0.25, 0.3) is 5.78 Å². The molecule has 11 heteroatoms. The van der Waals surface area contributed by atoms with Crippen molar-refractivity contribution < 1.29 is 37.0 Å². The van der Waals surface area contributed by atoms with E-state index in [2.05, 4.69) is 10.6 Å². The van der Waals surface area contributed by atoms with E-state index in [4.69, 9.17) is 21.1 Å². The maximum atomic E-state index is 13.3. The predicted molar refractivity (Wildman–Crippen MR) is 152 cm³/mol. The molecule has 0 radical (unpaired) electrons. The van der Waals surface area contributed by atoms with Crippen LogP contribution >= 0.6 is 11.6 Å². The lowest BCUT2D eigenvalue weighted by Gasteiger charge is -2.26. The number of Topliss-reactive ketones (excluding diaryl/α,β-unsaturated/α-hetero) is 1. The molecule has 0 aliphatic heterocycles. The van der Waals surface area contributed by atoms with Crippen LogP contribution in [0, 0.1) is 5.92 Å². The quantitative estimate of drug-likeness (QED) is 0.255. The molecule has 0 fully saturated rings. The lowest BCUT2D eigenvalue weighted by Crippen LogP contribution is -2.56. The van der Waals surface area contributed by atoms with Crippen LogP contribution in [0.25, 0.3) is 0 Å². The van der Waals surface area contributed by atoms with Crippen LogP contribution in [0.4, 0.5) is 13.2 Å². The average molecular weight is 605 g/mol. The Bertz CT molecular complexity index is 1330. The number of halogens is 4. The van der Waals surface area contributed by atoms with E-state index in [9.17, 15) is 27.6 Å². The van der Waals surface area contributed by atoms with Gasteiger partial charge in [-0.1, -0.05) is 67.9 Å². The van der Waals surface area contributed by atoms with E-state index >= 15 is 0 Å². The summed E-state index contributed by atoms with van der Waals surface area (Å²) in [6.45, 7) is 2.79. The number of carbonyl (C=O) groups excluding carboxylic acids is 3. The number of hydrogen-bond acceptors (Lipinski definition) is 5. The molecule has 3 aromatic carbocycles. The van der Waals surface area contributed by atoms with Crippen molar-refractivity contribution in [3.8, 4) is 11.5 Å². The summed E-state index contributed by atoms with van der Waals surface area (Å²) in [5.41, 5.74) is 1.29. The minimum absolute atomic E-state index is 0.0195. The van der Waals surface area contributed by atoms with Crippen LogP contribution in [0.15, 0.2) is 78.9 Å². The van der Waals surface area contributed by atoms with E-state index in [1.54, 1.807) is 78.9 Å². The van der Waals surface area contributed by atoms with Gasteiger partial charge in [-0.05, 0) is 53.4 Å². The van der Waals surface area contributed by atoms with Crippen molar-refractivity contribution in [2.75, 3.05) is 7.11 Å². The molecule has 0 bridgehead atoms. The second kappa shape index (κ2) is 14.7. The molecule has 224 valence electrons. The normalized spacial score (nSPS) is 13.5. The third-order valence-electron chi connectivity index (χ3n) is 6.41. The molecular weight excluding hydrogens is 573 g/mol. The lowest BCUT2D eigenvalue weighted by molar-refractivity contribution is -0.175. The number of methoxy groups -OCH3 is 1. The van der Waals surface area contributed by atoms with E-state index in [1.165, 1.54) is 21.0 Å². The summed E-state index contributed by atoms with van der Waals surface area (Å²) in [5.74, 6) is -3.35. The lowest BCUT2D eigenvalue weighted by atomic mass is 9.97. The molecule has 0 saturated carbocycles. The van der Waals surface area contributed by atoms with Gasteiger partial charge < -0.3 is 20.1 Å². The van der Waals surface area contributed by atoms with Gasteiger partial charge in [0.05, 0.1) is 19.6 Å². The molecular formula is C31H32ClF3N2O5. The number of ether oxygens (including phenoxy) is 2. The fraction of sp³-hybridized carbons (Fsp3) is 0.323. The Labute approximate surface area is 247 Å². The largest absolute Gasteiger partial charge is 0.497 e. The van der Waals surface area contributed by atoms with Crippen molar-refractivity contribution in [3.05, 3.63) is 95.0 Å². The fourth-order valence-corrected chi connectivity index (χ4v) is 4.30. The smallest absolute Gasteiger partial charge is 0.452 e. The number of hydrogen-bond donors (Lipinski definition) is 2. The first kappa shape index (κ1) is 32.5. The number of rotatable bonds is 13. The van der Waals surface area contributed by atoms with Crippen molar-refractivity contribution in [2.45, 2.75) is 51.1 Å². The Morgan fingerprint density at radius 3 is 2.00 bits per heavy atom. The molecule has 2 amide bonds. The van der Waals surface area contributed by atoms with Crippen LogP contribution < -0.4 is 20.1 Å². The molecule has 0 spiro atoms. The SMILES string of the molecule is COc1ccc(OC(CC(=O)N[C@@H](Cc2ccccc2)C(=O)N[C@H](C(=O)C(F)(F)F)C(C)C)c2ccc(Cl)cc2)cc1. The van der Waals surface area contributed by atoms with E-state index in [0.29, 0.717) is 27.6 Å². The zero-order chi connectivity index (χ0) is 30.9. The van der Waals surface area contributed by atoms with Crippen molar-refractivity contribution in [3.63, 3.8) is 0 Å². The van der Waals surface area contributed by atoms with Crippen LogP contribution in [0.1, 0.15) is 37.5 Å². The van der Waals surface area contributed by atoms with Crippen LogP contribution in [0.2, 0.25) is 5.02 Å². The summed E-state index contributed by atoms with van der Waals surface area (Å²) in [7, 11) is 1.53. The number of amides is 2. The molecule has 0 aliphatic rings. The number of nitrogens with one attached hydrogen (secondary N) is 2. The number of benzene rings is 3. The summed E-state index contributed by atoms with van der Waals surface area (Å²) in [5, 5.41) is 5.33. The zero-order valence-electron chi connectivity index (χ0n) is 23.3. The first-order valence-electron chi connectivity index (χ1n) is 13.2. The van der Waals surface area contributed by atoms with E-state index in [0.717, 1.165) is 0 Å². The second-order valence-corrected chi connectivity index (χ2v) is 10.4. The van der Waals surface area contributed by atoms with E-state index in [-0.39, 0.29) is 12.8 Å². The first-order valence-corrected chi connectivity index (χ1v) is 13.6. The van der Waals surface area contributed by atoms with Crippen molar-refractivity contribution in [1.82, 2.24) is 10.6 Å². The van der Waals surface area contributed by atoms with Crippen LogP contribution in [-0.2, 0) is 20.8 Å². The van der Waals surface area contributed by atoms with Gasteiger partial charge in [-0.3, -0.25) is 14.4 Å². The molecule has 3 atom stereocenters. The van der Waals surface area contributed by atoms with Gasteiger partial charge in [-0.2, -0.15) is 13.2 Å². The summed E-state index contributed by atoms with van der Waals surface area (Å²) in [4.78, 5) is 38.6. The maximum absolute atomic E-state index is 13.3. The topological polar surface area (TPSA) is 93.7 Å². The van der Waals surface area contributed by atoms with Gasteiger partial charge in [0.2, 0.25) is 11.8 Å². The van der Waals surface area contributed by atoms with E-state index in [1.807, 2.05) is 0 Å². The first-order chi connectivity index (χ1) is 19.9. The van der Waals surface area contributed by atoms with Gasteiger partial charge >= 0.3 is 6.18 Å². The highest BCUT2D eigenvalue weighted by molar-refractivity contribution is 6.30. The molecule has 1 unspecified atom stereocenters. The molecule has 3 rings (SSSR count).